The maximum atomic E-state index is 12.8. The summed E-state index contributed by atoms with van der Waals surface area (Å²) in [5, 5.41) is 7.24. The van der Waals surface area contributed by atoms with E-state index in [4.69, 9.17) is 0 Å². The molecular formula is C23H26N4O2. The van der Waals surface area contributed by atoms with Gasteiger partial charge in [0.15, 0.2) is 0 Å². The number of carbonyl (C=O) groups is 2. The number of benzene rings is 2. The van der Waals surface area contributed by atoms with Gasteiger partial charge >= 0.3 is 0 Å². The average Bonchev–Trinajstić information content (AvgIpc) is 3.16. The van der Waals surface area contributed by atoms with Crippen LogP contribution >= 0.6 is 0 Å². The number of anilines is 1. The van der Waals surface area contributed by atoms with Gasteiger partial charge < -0.3 is 10.2 Å². The number of rotatable bonds is 5. The Labute approximate surface area is 171 Å². The molecule has 3 aromatic rings. The predicted octanol–water partition coefficient (Wildman–Crippen LogP) is 4.13. The lowest BCUT2D eigenvalue weighted by molar-refractivity contribution is -0.123. The third-order valence-electron chi connectivity index (χ3n) is 4.47. The molecule has 6 heteroatoms. The van der Waals surface area contributed by atoms with Gasteiger partial charge in [-0.1, -0.05) is 45.0 Å². The van der Waals surface area contributed by atoms with Gasteiger partial charge in [0.05, 0.1) is 11.9 Å². The van der Waals surface area contributed by atoms with Crippen molar-refractivity contribution in [3.8, 4) is 5.69 Å². The second kappa shape index (κ2) is 8.31. The number of carbonyl (C=O) groups excluding carboxylic acids is 2. The summed E-state index contributed by atoms with van der Waals surface area (Å²) in [5.41, 5.74) is 2.53. The maximum Gasteiger partial charge on any atom is 0.253 e. The largest absolute Gasteiger partial charge is 0.337 e. The van der Waals surface area contributed by atoms with Gasteiger partial charge in [-0.15, -0.1) is 0 Å². The van der Waals surface area contributed by atoms with E-state index in [1.807, 2.05) is 57.3 Å². The molecule has 0 bridgehead atoms. The van der Waals surface area contributed by atoms with Crippen molar-refractivity contribution in [3.63, 3.8) is 0 Å². The van der Waals surface area contributed by atoms with Crippen LogP contribution in [0.2, 0.25) is 0 Å². The van der Waals surface area contributed by atoms with Crippen molar-refractivity contribution in [3.05, 3.63) is 78.1 Å². The molecule has 0 fully saturated rings. The molecule has 6 nitrogen and oxygen atoms in total. The van der Waals surface area contributed by atoms with E-state index in [1.54, 1.807) is 47.1 Å². The minimum Gasteiger partial charge on any atom is -0.337 e. The SMILES string of the molecule is CN(Cc1cnn(-c2ccccc2)c1)C(=O)c1cccc(NC(=O)C(C)(C)C)c1. The summed E-state index contributed by atoms with van der Waals surface area (Å²) in [6.45, 7) is 5.98. The van der Waals surface area contributed by atoms with Crippen LogP contribution < -0.4 is 5.32 Å². The molecule has 29 heavy (non-hydrogen) atoms. The molecule has 0 aliphatic rings. The molecule has 0 radical (unpaired) electrons. The standard InChI is InChI=1S/C23H26N4O2/c1-23(2,3)22(29)25-19-10-8-9-18(13-19)21(28)26(4)15-17-14-24-27(16-17)20-11-6-5-7-12-20/h5-14,16H,15H2,1-4H3,(H,25,29). The van der Waals surface area contributed by atoms with Gasteiger partial charge in [0.1, 0.15) is 0 Å². The molecule has 0 atom stereocenters. The molecular weight excluding hydrogens is 364 g/mol. The fraction of sp³-hybridized carbons (Fsp3) is 0.261. The Hall–Kier alpha value is -3.41. The second-order valence-corrected chi connectivity index (χ2v) is 8.07. The smallest absolute Gasteiger partial charge is 0.253 e. The van der Waals surface area contributed by atoms with Gasteiger partial charge in [0, 0.05) is 42.0 Å². The van der Waals surface area contributed by atoms with E-state index in [-0.39, 0.29) is 11.8 Å². The summed E-state index contributed by atoms with van der Waals surface area (Å²) in [5.74, 6) is -0.215. The zero-order valence-corrected chi connectivity index (χ0v) is 17.2. The van der Waals surface area contributed by atoms with Crippen LogP contribution in [-0.2, 0) is 11.3 Å². The van der Waals surface area contributed by atoms with Gasteiger partial charge in [0.25, 0.3) is 5.91 Å². The van der Waals surface area contributed by atoms with Crippen LogP contribution in [-0.4, -0.2) is 33.5 Å². The maximum absolute atomic E-state index is 12.8. The van der Waals surface area contributed by atoms with Crippen LogP contribution in [0.1, 0.15) is 36.7 Å². The Morgan fingerprint density at radius 2 is 1.79 bits per heavy atom. The van der Waals surface area contributed by atoms with Gasteiger partial charge in [-0.05, 0) is 30.3 Å². The van der Waals surface area contributed by atoms with E-state index < -0.39 is 5.41 Å². The van der Waals surface area contributed by atoms with Crippen molar-refractivity contribution in [1.82, 2.24) is 14.7 Å². The number of para-hydroxylation sites is 1. The highest BCUT2D eigenvalue weighted by atomic mass is 16.2. The summed E-state index contributed by atoms with van der Waals surface area (Å²) in [7, 11) is 1.75. The fourth-order valence-corrected chi connectivity index (χ4v) is 2.78. The van der Waals surface area contributed by atoms with E-state index in [0.29, 0.717) is 17.8 Å². The van der Waals surface area contributed by atoms with E-state index in [1.165, 1.54) is 0 Å². The second-order valence-electron chi connectivity index (χ2n) is 8.07. The summed E-state index contributed by atoms with van der Waals surface area (Å²) in [6.07, 6.45) is 3.68. The number of nitrogens with zero attached hydrogens (tertiary/aromatic N) is 3. The molecule has 1 heterocycles. The lowest BCUT2D eigenvalue weighted by atomic mass is 9.95. The van der Waals surface area contributed by atoms with Gasteiger partial charge in [-0.3, -0.25) is 9.59 Å². The molecule has 1 aromatic heterocycles. The summed E-state index contributed by atoms with van der Waals surface area (Å²) < 4.78 is 1.79. The normalized spacial score (nSPS) is 11.2. The van der Waals surface area contributed by atoms with Crippen molar-refractivity contribution in [2.45, 2.75) is 27.3 Å². The van der Waals surface area contributed by atoms with Crippen LogP contribution in [0.4, 0.5) is 5.69 Å². The minimum absolute atomic E-state index is 0.0937. The zero-order chi connectivity index (χ0) is 21.0. The van der Waals surface area contributed by atoms with Crippen LogP contribution in [0.3, 0.4) is 0 Å². The molecule has 3 rings (SSSR count). The lowest BCUT2D eigenvalue weighted by Gasteiger charge is -2.19. The van der Waals surface area contributed by atoms with E-state index in [9.17, 15) is 9.59 Å². The van der Waals surface area contributed by atoms with Crippen molar-refractivity contribution >= 4 is 17.5 Å². The van der Waals surface area contributed by atoms with Gasteiger partial charge in [-0.2, -0.15) is 5.10 Å². The number of hydrogen-bond donors (Lipinski definition) is 1. The van der Waals surface area contributed by atoms with Gasteiger partial charge in [0.2, 0.25) is 5.91 Å². The molecule has 0 aliphatic carbocycles. The Morgan fingerprint density at radius 3 is 2.48 bits per heavy atom. The van der Waals surface area contributed by atoms with Crippen LogP contribution in [0.5, 0.6) is 0 Å². The quantitative estimate of drug-likeness (QED) is 0.712. The number of aromatic nitrogens is 2. The fourth-order valence-electron chi connectivity index (χ4n) is 2.78. The first-order chi connectivity index (χ1) is 13.7. The molecule has 1 N–H and O–H groups in total. The minimum atomic E-state index is -0.504. The summed E-state index contributed by atoms with van der Waals surface area (Å²) in [4.78, 5) is 26.7. The van der Waals surface area contributed by atoms with Crippen LogP contribution in [0.25, 0.3) is 5.69 Å². The Morgan fingerprint density at radius 1 is 1.07 bits per heavy atom. The van der Waals surface area contributed by atoms with Crippen molar-refractivity contribution in [2.75, 3.05) is 12.4 Å². The molecule has 0 saturated heterocycles. The molecule has 0 unspecified atom stereocenters. The van der Waals surface area contributed by atoms with Crippen molar-refractivity contribution in [2.24, 2.45) is 5.41 Å². The first-order valence-electron chi connectivity index (χ1n) is 9.50. The monoisotopic (exact) mass is 390 g/mol. The molecule has 0 aliphatic heterocycles. The van der Waals surface area contributed by atoms with Crippen LogP contribution in [0.15, 0.2) is 67.0 Å². The van der Waals surface area contributed by atoms with Crippen molar-refractivity contribution < 1.29 is 9.59 Å². The number of hydrogen-bond acceptors (Lipinski definition) is 3. The van der Waals surface area contributed by atoms with Crippen molar-refractivity contribution in [1.29, 1.82) is 0 Å². The Kier molecular flexibility index (Phi) is 5.82. The highest BCUT2D eigenvalue weighted by molar-refractivity contribution is 5.98. The first-order valence-corrected chi connectivity index (χ1v) is 9.50. The zero-order valence-electron chi connectivity index (χ0n) is 17.2. The Balaban J connectivity index is 1.68. The summed E-state index contributed by atoms with van der Waals surface area (Å²) in [6, 6.07) is 16.8. The third kappa shape index (κ3) is 5.10. The number of nitrogens with one attached hydrogen (secondary N) is 1. The molecule has 0 spiro atoms. The topological polar surface area (TPSA) is 67.2 Å². The summed E-state index contributed by atoms with van der Waals surface area (Å²) >= 11 is 0. The van der Waals surface area contributed by atoms with E-state index >= 15 is 0 Å². The molecule has 150 valence electrons. The molecule has 0 saturated carbocycles. The highest BCUT2D eigenvalue weighted by Gasteiger charge is 2.21. The molecule has 2 aromatic carbocycles. The molecule has 2 amide bonds. The average molecular weight is 390 g/mol. The van der Waals surface area contributed by atoms with Gasteiger partial charge in [-0.25, -0.2) is 4.68 Å². The number of amides is 2. The third-order valence-corrected chi connectivity index (χ3v) is 4.47. The first kappa shape index (κ1) is 20.3. The van der Waals surface area contributed by atoms with Crippen LogP contribution in [0, 0.1) is 5.41 Å². The van der Waals surface area contributed by atoms with E-state index in [2.05, 4.69) is 10.4 Å². The Bertz CT molecular complexity index is 1000. The predicted molar refractivity (Wildman–Crippen MR) is 114 cm³/mol. The lowest BCUT2D eigenvalue weighted by Crippen LogP contribution is -2.28. The van der Waals surface area contributed by atoms with E-state index in [0.717, 1.165) is 11.3 Å². The highest BCUT2D eigenvalue weighted by Crippen LogP contribution is 2.19.